The van der Waals surface area contributed by atoms with Crippen LogP contribution in [0.25, 0.3) is 11.0 Å². The molecule has 2 aromatic heterocycles. The van der Waals surface area contributed by atoms with Gasteiger partial charge in [0.2, 0.25) is 0 Å². The van der Waals surface area contributed by atoms with Gasteiger partial charge in [-0.15, -0.1) is 0 Å². The molecule has 0 bridgehead atoms. The smallest absolute Gasteiger partial charge is 0.289 e. The maximum atomic E-state index is 12.8. The zero-order valence-corrected chi connectivity index (χ0v) is 15.8. The maximum Gasteiger partial charge on any atom is 0.289 e. The Morgan fingerprint density at radius 3 is 2.78 bits per heavy atom. The normalized spacial score (nSPS) is 15.4. The van der Waals surface area contributed by atoms with Gasteiger partial charge in [-0.3, -0.25) is 9.59 Å². The number of likely N-dealkylation sites (tertiary alicyclic amines) is 1. The summed E-state index contributed by atoms with van der Waals surface area (Å²) in [5, 5.41) is 0.947. The van der Waals surface area contributed by atoms with Crippen molar-refractivity contribution in [3.8, 4) is 0 Å². The number of aromatic nitrogens is 2. The Balaban J connectivity index is 1.50. The molecule has 0 spiro atoms. The van der Waals surface area contributed by atoms with E-state index >= 15 is 0 Å². The number of aryl methyl sites for hydroxylation is 1. The molecule has 4 rings (SSSR count). The largest absolute Gasteiger partial charge is 0.451 e. The average molecular weight is 386 g/mol. The lowest BCUT2D eigenvalue weighted by Crippen LogP contribution is -2.39. The molecule has 1 aliphatic rings. The fourth-order valence-corrected chi connectivity index (χ4v) is 3.71. The molecule has 1 amide bonds. The number of amides is 1. The van der Waals surface area contributed by atoms with Crippen LogP contribution in [0.1, 0.15) is 29.0 Å². The number of carbonyl (C=O) groups is 1. The summed E-state index contributed by atoms with van der Waals surface area (Å²) in [4.78, 5) is 31.0. The molecule has 27 heavy (non-hydrogen) atoms. The van der Waals surface area contributed by atoms with Gasteiger partial charge in [-0.25, -0.2) is 4.98 Å². The quantitative estimate of drug-likeness (QED) is 0.692. The van der Waals surface area contributed by atoms with Gasteiger partial charge < -0.3 is 13.9 Å². The third-order valence-electron chi connectivity index (χ3n) is 5.15. The van der Waals surface area contributed by atoms with E-state index in [2.05, 4.69) is 9.55 Å². The number of nitrogens with zero attached hydrogens (tertiary/aromatic N) is 3. The third-order valence-corrected chi connectivity index (χ3v) is 5.56. The van der Waals surface area contributed by atoms with Crippen LogP contribution >= 0.6 is 11.6 Å². The van der Waals surface area contributed by atoms with Crippen LogP contribution < -0.4 is 5.43 Å². The van der Waals surface area contributed by atoms with Gasteiger partial charge in [0.05, 0.1) is 11.7 Å². The van der Waals surface area contributed by atoms with Gasteiger partial charge in [-0.2, -0.15) is 0 Å². The van der Waals surface area contributed by atoms with Gasteiger partial charge in [0, 0.05) is 49.2 Å². The minimum absolute atomic E-state index is 0.0699. The molecule has 0 N–H and O–H groups in total. The summed E-state index contributed by atoms with van der Waals surface area (Å²) in [7, 11) is 0. The second-order valence-corrected chi connectivity index (χ2v) is 7.47. The highest BCUT2D eigenvalue weighted by atomic mass is 35.5. The molecule has 1 saturated heterocycles. The molecule has 3 aromatic rings. The molecule has 7 heteroatoms. The highest BCUT2D eigenvalue weighted by Crippen LogP contribution is 2.24. The number of imidazole rings is 1. The third kappa shape index (κ3) is 3.62. The molecule has 0 unspecified atom stereocenters. The van der Waals surface area contributed by atoms with E-state index in [0.717, 1.165) is 24.9 Å². The first-order chi connectivity index (χ1) is 13.0. The van der Waals surface area contributed by atoms with Crippen molar-refractivity contribution < 1.29 is 9.21 Å². The molecule has 1 aromatic carbocycles. The molecule has 6 nitrogen and oxygen atoms in total. The molecule has 3 heterocycles. The first-order valence-electron chi connectivity index (χ1n) is 9.00. The van der Waals surface area contributed by atoms with Crippen molar-refractivity contribution in [1.29, 1.82) is 0 Å². The Kier molecular flexibility index (Phi) is 4.74. The van der Waals surface area contributed by atoms with Crippen molar-refractivity contribution in [2.45, 2.75) is 26.3 Å². The van der Waals surface area contributed by atoms with E-state index in [1.54, 1.807) is 23.2 Å². The van der Waals surface area contributed by atoms with Crippen LogP contribution in [0.15, 0.2) is 46.1 Å². The first kappa shape index (κ1) is 17.8. The number of carbonyl (C=O) groups excluding carboxylic acids is 1. The second kappa shape index (κ2) is 7.19. The van der Waals surface area contributed by atoms with Gasteiger partial charge in [-0.05, 0) is 37.3 Å². The molecular formula is C20H20ClN3O3. The van der Waals surface area contributed by atoms with Crippen LogP contribution in [0.4, 0.5) is 0 Å². The number of benzene rings is 1. The Bertz CT molecular complexity index is 1030. The summed E-state index contributed by atoms with van der Waals surface area (Å²) < 4.78 is 7.78. The predicted octanol–water partition coefficient (Wildman–Crippen LogP) is 3.50. The SMILES string of the molecule is Cc1cc2c(=O)cc(C(=O)N3CCC(Cn4ccnc4)CC3)oc2cc1Cl. The first-order valence-corrected chi connectivity index (χ1v) is 9.38. The van der Waals surface area contributed by atoms with Crippen molar-refractivity contribution in [2.75, 3.05) is 13.1 Å². The van der Waals surface area contributed by atoms with Crippen LogP contribution in [0.2, 0.25) is 5.02 Å². The molecule has 1 fully saturated rings. The van der Waals surface area contributed by atoms with Crippen molar-refractivity contribution >= 4 is 28.5 Å². The van der Waals surface area contributed by atoms with Gasteiger partial charge in [0.1, 0.15) is 5.58 Å². The van der Waals surface area contributed by atoms with Gasteiger partial charge >= 0.3 is 0 Å². The Hall–Kier alpha value is -2.60. The number of hydrogen-bond donors (Lipinski definition) is 0. The molecule has 0 aliphatic carbocycles. The summed E-state index contributed by atoms with van der Waals surface area (Å²) in [6.45, 7) is 4.03. The van der Waals surface area contributed by atoms with Crippen LogP contribution in [-0.2, 0) is 6.54 Å². The standard InChI is InChI=1S/C20H20ClN3O3/c1-13-8-15-17(25)10-19(27-18(15)9-16(13)21)20(26)24-5-2-14(3-6-24)11-23-7-4-22-12-23/h4,7-10,12,14H,2-3,5-6,11H2,1H3. The number of piperidine rings is 1. The number of halogens is 1. The van der Waals surface area contributed by atoms with E-state index in [1.807, 2.05) is 19.4 Å². The lowest BCUT2D eigenvalue weighted by Gasteiger charge is -2.31. The minimum Gasteiger partial charge on any atom is -0.451 e. The molecule has 0 radical (unpaired) electrons. The van der Waals surface area contributed by atoms with E-state index < -0.39 is 0 Å². The lowest BCUT2D eigenvalue weighted by atomic mass is 9.96. The van der Waals surface area contributed by atoms with Crippen molar-refractivity contribution in [2.24, 2.45) is 5.92 Å². The van der Waals surface area contributed by atoms with E-state index in [1.165, 1.54) is 6.07 Å². The Morgan fingerprint density at radius 1 is 1.30 bits per heavy atom. The number of fused-ring (bicyclic) bond motifs is 1. The van der Waals surface area contributed by atoms with Gasteiger partial charge in [0.15, 0.2) is 11.2 Å². The van der Waals surface area contributed by atoms with Gasteiger partial charge in [-0.1, -0.05) is 11.6 Å². The maximum absolute atomic E-state index is 12.8. The summed E-state index contributed by atoms with van der Waals surface area (Å²) in [5.74, 6) is 0.334. The van der Waals surface area contributed by atoms with Crippen molar-refractivity contribution in [3.63, 3.8) is 0 Å². The zero-order chi connectivity index (χ0) is 19.0. The summed E-state index contributed by atoms with van der Waals surface area (Å²) in [6, 6.07) is 4.58. The van der Waals surface area contributed by atoms with Crippen LogP contribution in [0.5, 0.6) is 0 Å². The Labute approximate surface area is 161 Å². The molecule has 0 saturated carbocycles. The molecule has 140 valence electrons. The topological polar surface area (TPSA) is 68.3 Å². The second-order valence-electron chi connectivity index (χ2n) is 7.07. The number of hydrogen-bond acceptors (Lipinski definition) is 4. The monoisotopic (exact) mass is 385 g/mol. The lowest BCUT2D eigenvalue weighted by molar-refractivity contribution is 0.0651. The van der Waals surface area contributed by atoms with Crippen LogP contribution in [-0.4, -0.2) is 33.4 Å². The fourth-order valence-electron chi connectivity index (χ4n) is 3.56. The van der Waals surface area contributed by atoms with Crippen LogP contribution in [0, 0.1) is 12.8 Å². The minimum atomic E-state index is -0.244. The molecular weight excluding hydrogens is 366 g/mol. The predicted molar refractivity (Wildman–Crippen MR) is 103 cm³/mol. The van der Waals surface area contributed by atoms with E-state index in [9.17, 15) is 9.59 Å². The fraction of sp³-hybridized carbons (Fsp3) is 0.350. The van der Waals surface area contributed by atoms with E-state index in [0.29, 0.717) is 35.0 Å². The van der Waals surface area contributed by atoms with Gasteiger partial charge in [0.25, 0.3) is 5.91 Å². The highest BCUT2D eigenvalue weighted by molar-refractivity contribution is 6.32. The summed E-state index contributed by atoms with van der Waals surface area (Å²) in [6.07, 6.45) is 7.36. The Morgan fingerprint density at radius 2 is 2.07 bits per heavy atom. The summed E-state index contributed by atoms with van der Waals surface area (Å²) >= 11 is 6.13. The van der Waals surface area contributed by atoms with E-state index in [-0.39, 0.29) is 17.1 Å². The van der Waals surface area contributed by atoms with Crippen molar-refractivity contribution in [1.82, 2.24) is 14.5 Å². The highest BCUT2D eigenvalue weighted by Gasteiger charge is 2.26. The van der Waals surface area contributed by atoms with Crippen molar-refractivity contribution in [3.05, 3.63) is 63.5 Å². The average Bonchev–Trinajstić information content (AvgIpc) is 3.16. The summed E-state index contributed by atoms with van der Waals surface area (Å²) in [5.41, 5.74) is 0.918. The zero-order valence-electron chi connectivity index (χ0n) is 15.0. The molecule has 1 aliphatic heterocycles. The van der Waals surface area contributed by atoms with E-state index in [4.69, 9.17) is 16.0 Å². The molecule has 0 atom stereocenters. The van der Waals surface area contributed by atoms with Crippen LogP contribution in [0.3, 0.4) is 0 Å². The number of rotatable bonds is 3.